The molecule has 0 aliphatic carbocycles. The standard InChI is InChI=1S/C59H52N6O4.Zn/c1-35-6-12-38(13-7-35)53-44-22-24-46(60-44)54(39-14-8-36(2)9-15-39)48-26-28-50(62-48)56(51-29-27-49(63-51)55(47-25-23-45(53)61-47)40-16-10-37(3)11-17-40)41-18-20-42(21-19-41)57(66)64-33-30-43(31-34-64)58(67)65-32-4-5-52(65)59(68)69;/h6-29,43,52H,4-5,30-34H2,1-3H3,(H3,60,61,62,63,66,68,69);/q;+2/p-2/t52-;/m1./s1. The number of aliphatic carboxylic acids is 1. The molecule has 8 bridgehead atoms. The zero-order chi connectivity index (χ0) is 47.3. The molecule has 7 heterocycles. The van der Waals surface area contributed by atoms with E-state index in [-0.39, 0.29) is 37.2 Å². The van der Waals surface area contributed by atoms with Gasteiger partial charge in [-0.3, -0.25) is 9.59 Å². The summed E-state index contributed by atoms with van der Waals surface area (Å²) < 4.78 is 0. The molecule has 2 amide bonds. The maximum Gasteiger partial charge on any atom is 2.00 e. The second-order valence-corrected chi connectivity index (χ2v) is 18.6. The van der Waals surface area contributed by atoms with E-state index in [0.717, 1.165) is 100 Å². The number of carbonyl (C=O) groups excluding carboxylic acids is 2. The van der Waals surface area contributed by atoms with Gasteiger partial charge >= 0.3 is 25.4 Å². The zero-order valence-corrected chi connectivity index (χ0v) is 42.5. The number of carboxylic acid groups (broad SMARTS) is 1. The number of benzene rings is 4. The van der Waals surface area contributed by atoms with Gasteiger partial charge in [-0.15, -0.1) is 22.1 Å². The first-order valence-corrected chi connectivity index (χ1v) is 23.8. The van der Waals surface area contributed by atoms with Crippen molar-refractivity contribution in [3.05, 3.63) is 166 Å². The maximum absolute atomic E-state index is 14.0. The van der Waals surface area contributed by atoms with Crippen molar-refractivity contribution in [3.8, 4) is 44.5 Å². The molecular weight excluding hydrogens is 922 g/mol. The van der Waals surface area contributed by atoms with Crippen LogP contribution in [-0.4, -0.2) is 68.3 Å². The van der Waals surface area contributed by atoms with Gasteiger partial charge in [0, 0.05) is 31.1 Å². The third kappa shape index (κ3) is 8.75. The van der Waals surface area contributed by atoms with Gasteiger partial charge in [-0.05, 0) is 127 Å². The second-order valence-electron chi connectivity index (χ2n) is 18.6. The molecular formula is C59H50N6O4Zn. The summed E-state index contributed by atoms with van der Waals surface area (Å²) in [7, 11) is 0. The van der Waals surface area contributed by atoms with Crippen LogP contribution in [0.4, 0.5) is 0 Å². The fraction of sp³-hybridized carbons (Fsp3) is 0.203. The first-order chi connectivity index (χ1) is 33.6. The first-order valence-electron chi connectivity index (χ1n) is 23.8. The number of hydrogen-bond acceptors (Lipinski definition) is 5. The van der Waals surface area contributed by atoms with Crippen LogP contribution in [0.5, 0.6) is 0 Å². The van der Waals surface area contributed by atoms with Crippen LogP contribution < -0.4 is 9.97 Å². The third-order valence-corrected chi connectivity index (χ3v) is 14.0. The molecule has 2 fully saturated rings. The van der Waals surface area contributed by atoms with E-state index in [4.69, 9.17) is 19.9 Å². The second kappa shape index (κ2) is 19.1. The minimum absolute atomic E-state index is 0. The number of fused-ring (bicyclic) bond motifs is 8. The van der Waals surface area contributed by atoms with Gasteiger partial charge in [0.2, 0.25) is 5.91 Å². The number of piperidine rings is 1. The van der Waals surface area contributed by atoms with Crippen molar-refractivity contribution >= 4 is 64.2 Å². The minimum Gasteiger partial charge on any atom is -0.657 e. The van der Waals surface area contributed by atoms with Crippen LogP contribution in [0, 0.1) is 26.7 Å². The van der Waals surface area contributed by atoms with Gasteiger partial charge in [0.25, 0.3) is 5.91 Å². The third-order valence-electron chi connectivity index (χ3n) is 14.0. The molecule has 1 N–H and O–H groups in total. The summed E-state index contributed by atoms with van der Waals surface area (Å²) in [5.41, 5.74) is 17.6. The number of amides is 2. The van der Waals surface area contributed by atoms with E-state index in [9.17, 15) is 19.5 Å². The summed E-state index contributed by atoms with van der Waals surface area (Å²) in [5, 5.41) is 9.66. The Balaban J connectivity index is 0.00000567. The van der Waals surface area contributed by atoms with E-state index in [1.54, 1.807) is 4.90 Å². The van der Waals surface area contributed by atoms with Gasteiger partial charge in [-0.2, -0.15) is 0 Å². The molecule has 11 rings (SSSR count). The molecule has 7 aromatic rings. The summed E-state index contributed by atoms with van der Waals surface area (Å²) in [5.74, 6) is -1.47. The quantitative estimate of drug-likeness (QED) is 0.156. The number of carboxylic acids is 1. The molecule has 0 spiro atoms. The number of likely N-dealkylation sites (tertiary alicyclic amines) is 2. The van der Waals surface area contributed by atoms with Crippen molar-refractivity contribution in [2.45, 2.75) is 52.5 Å². The number of aryl methyl sites for hydroxylation is 3. The van der Waals surface area contributed by atoms with Gasteiger partial charge in [-0.1, -0.05) is 126 Å². The van der Waals surface area contributed by atoms with Crippen LogP contribution in [0.15, 0.2) is 121 Å². The van der Waals surface area contributed by atoms with Crippen LogP contribution >= 0.6 is 0 Å². The van der Waals surface area contributed by atoms with E-state index in [0.29, 0.717) is 50.9 Å². The summed E-state index contributed by atoms with van der Waals surface area (Å²) in [4.78, 5) is 64.1. The van der Waals surface area contributed by atoms with Gasteiger partial charge in [0.15, 0.2) is 0 Å². The molecule has 70 heavy (non-hydrogen) atoms. The summed E-state index contributed by atoms with van der Waals surface area (Å²) in [6.07, 6.45) is 10.4. The molecule has 342 valence electrons. The Hall–Kier alpha value is -7.49. The average Bonchev–Trinajstić information content (AvgIpc) is 4.24. The van der Waals surface area contributed by atoms with Crippen molar-refractivity contribution in [2.75, 3.05) is 19.6 Å². The molecule has 2 saturated heterocycles. The Kier molecular flexibility index (Phi) is 12.6. The minimum atomic E-state index is -0.952. The van der Waals surface area contributed by atoms with Crippen molar-refractivity contribution in [2.24, 2.45) is 5.92 Å². The predicted molar refractivity (Wildman–Crippen MR) is 274 cm³/mol. The normalized spacial score (nSPS) is 15.6. The fourth-order valence-electron chi connectivity index (χ4n) is 10.2. The molecule has 4 aromatic carbocycles. The van der Waals surface area contributed by atoms with Crippen molar-refractivity contribution < 1.29 is 39.0 Å². The average molecular weight is 972 g/mol. The number of nitrogens with zero attached hydrogens (tertiary/aromatic N) is 6. The van der Waals surface area contributed by atoms with Crippen LogP contribution in [0.1, 0.15) is 75.5 Å². The van der Waals surface area contributed by atoms with Crippen molar-refractivity contribution in [1.82, 2.24) is 29.7 Å². The van der Waals surface area contributed by atoms with E-state index in [1.807, 2.05) is 36.4 Å². The zero-order valence-electron chi connectivity index (χ0n) is 39.5. The van der Waals surface area contributed by atoms with E-state index in [2.05, 4.69) is 130 Å². The smallest absolute Gasteiger partial charge is 0.657 e. The van der Waals surface area contributed by atoms with Crippen LogP contribution in [0.3, 0.4) is 0 Å². The van der Waals surface area contributed by atoms with Gasteiger partial charge < -0.3 is 24.9 Å². The Morgan fingerprint density at radius 1 is 0.500 bits per heavy atom. The summed E-state index contributed by atoms with van der Waals surface area (Å²) >= 11 is 0. The van der Waals surface area contributed by atoms with Crippen LogP contribution in [-0.2, 0) is 29.1 Å². The predicted octanol–water partition coefficient (Wildman–Crippen LogP) is 11.4. The Morgan fingerprint density at radius 3 is 1.21 bits per heavy atom. The molecule has 0 radical (unpaired) electrons. The number of aromatic nitrogens is 4. The Bertz CT molecular complexity index is 3370. The SMILES string of the molecule is Cc1ccc(-c2c3nc(c(-c4ccc(C)cc4)c4ccc([n-]4)c(-c4ccc(C(=O)N5CCC(C(=O)N6CCC[C@@H]6C(=O)O)CC5)cc4)c4nc(c(-c5ccc(C)cc5)c5ccc2[n-]5)C=C4)C=C3)cc1.[Zn+2]. The van der Waals surface area contributed by atoms with E-state index >= 15 is 0 Å². The van der Waals surface area contributed by atoms with E-state index in [1.165, 1.54) is 10.5 Å². The fourth-order valence-corrected chi connectivity index (χ4v) is 10.2. The first kappa shape index (κ1) is 46.3. The Morgan fingerprint density at radius 2 is 0.857 bits per heavy atom. The summed E-state index contributed by atoms with van der Waals surface area (Å²) in [6, 6.07) is 40.6. The summed E-state index contributed by atoms with van der Waals surface area (Å²) in [6.45, 7) is 7.56. The molecule has 11 heteroatoms. The van der Waals surface area contributed by atoms with Crippen molar-refractivity contribution in [3.63, 3.8) is 0 Å². The van der Waals surface area contributed by atoms with Crippen molar-refractivity contribution in [1.29, 1.82) is 0 Å². The van der Waals surface area contributed by atoms with Crippen LogP contribution in [0.25, 0.3) is 90.9 Å². The molecule has 0 saturated carbocycles. The number of hydrogen-bond donors (Lipinski definition) is 1. The Labute approximate surface area is 419 Å². The number of carbonyl (C=O) groups is 3. The monoisotopic (exact) mass is 970 g/mol. The van der Waals surface area contributed by atoms with Gasteiger partial charge in [0.1, 0.15) is 6.04 Å². The van der Waals surface area contributed by atoms with Gasteiger partial charge in [-0.25, -0.2) is 14.8 Å². The molecule has 1 atom stereocenters. The van der Waals surface area contributed by atoms with E-state index < -0.39 is 12.0 Å². The van der Waals surface area contributed by atoms with Crippen LogP contribution in [0.2, 0.25) is 0 Å². The maximum atomic E-state index is 14.0. The molecule has 4 aliphatic heterocycles. The molecule has 3 aromatic heterocycles. The van der Waals surface area contributed by atoms with Gasteiger partial charge in [0.05, 0.1) is 22.8 Å². The topological polar surface area (TPSA) is 132 Å². The molecule has 4 aliphatic rings. The molecule has 0 unspecified atom stereocenters. The molecule has 10 nitrogen and oxygen atoms in total. The largest absolute Gasteiger partial charge is 2.00 e. The number of rotatable bonds is 7.